The van der Waals surface area contributed by atoms with E-state index in [0.29, 0.717) is 6.61 Å². The summed E-state index contributed by atoms with van der Waals surface area (Å²) in [6, 6.07) is 9.10. The predicted molar refractivity (Wildman–Crippen MR) is 78.4 cm³/mol. The van der Waals surface area contributed by atoms with Crippen LogP contribution in [0.2, 0.25) is 0 Å². The summed E-state index contributed by atoms with van der Waals surface area (Å²) in [4.78, 5) is 23.8. The molecule has 0 bridgehead atoms. The maximum Gasteiger partial charge on any atom is 0.407 e. The SMILES string of the molecule is CCOC(=O)NC(CC(=O)C(C)(C)C)c1ccccc1. The smallest absolute Gasteiger partial charge is 0.407 e. The number of amides is 1. The zero-order valence-electron chi connectivity index (χ0n) is 12.6. The normalized spacial score (nSPS) is 12.6. The Kier molecular flexibility index (Phi) is 5.74. The molecule has 0 aliphatic heterocycles. The highest BCUT2D eigenvalue weighted by molar-refractivity contribution is 5.84. The lowest BCUT2D eigenvalue weighted by Gasteiger charge is -2.23. The van der Waals surface area contributed by atoms with Crippen LogP contribution in [0.25, 0.3) is 0 Å². The van der Waals surface area contributed by atoms with Crippen LogP contribution in [0.5, 0.6) is 0 Å². The van der Waals surface area contributed by atoms with Crippen molar-refractivity contribution in [3.05, 3.63) is 35.9 Å². The van der Waals surface area contributed by atoms with Crippen molar-refractivity contribution in [3.8, 4) is 0 Å². The van der Waals surface area contributed by atoms with Gasteiger partial charge >= 0.3 is 6.09 Å². The third-order valence-corrected chi connectivity index (χ3v) is 3.00. The van der Waals surface area contributed by atoms with E-state index in [2.05, 4.69) is 5.32 Å². The molecule has 20 heavy (non-hydrogen) atoms. The molecule has 1 aromatic rings. The minimum atomic E-state index is -0.497. The highest BCUT2D eigenvalue weighted by atomic mass is 16.5. The summed E-state index contributed by atoms with van der Waals surface area (Å²) in [7, 11) is 0. The van der Waals surface area contributed by atoms with Gasteiger partial charge in [0.05, 0.1) is 12.6 Å². The molecule has 1 unspecified atom stereocenters. The third kappa shape index (κ3) is 5.03. The molecule has 1 atom stereocenters. The fourth-order valence-electron chi connectivity index (χ4n) is 1.74. The fraction of sp³-hybridized carbons (Fsp3) is 0.500. The molecule has 0 aromatic heterocycles. The number of carbonyl (C=O) groups is 2. The van der Waals surface area contributed by atoms with E-state index in [1.54, 1.807) is 6.92 Å². The summed E-state index contributed by atoms with van der Waals surface area (Å²) >= 11 is 0. The van der Waals surface area contributed by atoms with E-state index >= 15 is 0 Å². The molecule has 0 saturated heterocycles. The summed E-state index contributed by atoms with van der Waals surface area (Å²) < 4.78 is 4.90. The quantitative estimate of drug-likeness (QED) is 0.896. The maximum absolute atomic E-state index is 12.2. The van der Waals surface area contributed by atoms with E-state index in [-0.39, 0.29) is 18.2 Å². The Morgan fingerprint density at radius 1 is 1.20 bits per heavy atom. The summed E-state index contributed by atoms with van der Waals surface area (Å²) in [5, 5.41) is 2.76. The highest BCUT2D eigenvalue weighted by Crippen LogP contribution is 2.24. The van der Waals surface area contributed by atoms with Gasteiger partial charge in [-0.1, -0.05) is 51.1 Å². The first kappa shape index (κ1) is 16.2. The van der Waals surface area contributed by atoms with Crippen LogP contribution >= 0.6 is 0 Å². The molecule has 4 nitrogen and oxygen atoms in total. The molecule has 0 heterocycles. The molecule has 1 N–H and O–H groups in total. The number of carbonyl (C=O) groups excluding carboxylic acids is 2. The zero-order valence-corrected chi connectivity index (χ0v) is 12.6. The number of hydrogen-bond acceptors (Lipinski definition) is 3. The summed E-state index contributed by atoms with van der Waals surface area (Å²) in [6.07, 6.45) is -0.241. The number of hydrogen-bond donors (Lipinski definition) is 1. The highest BCUT2D eigenvalue weighted by Gasteiger charge is 2.26. The summed E-state index contributed by atoms with van der Waals surface area (Å²) in [5.74, 6) is 0.100. The largest absolute Gasteiger partial charge is 0.450 e. The predicted octanol–water partition coefficient (Wildman–Crippen LogP) is 3.48. The van der Waals surface area contributed by atoms with Gasteiger partial charge in [-0.05, 0) is 12.5 Å². The zero-order chi connectivity index (χ0) is 15.2. The lowest BCUT2D eigenvalue weighted by atomic mass is 9.85. The number of benzene rings is 1. The van der Waals surface area contributed by atoms with Gasteiger partial charge in [0, 0.05) is 11.8 Å². The van der Waals surface area contributed by atoms with E-state index in [1.165, 1.54) is 0 Å². The van der Waals surface area contributed by atoms with Crippen LogP contribution in [0.4, 0.5) is 4.79 Å². The van der Waals surface area contributed by atoms with Gasteiger partial charge in [0.25, 0.3) is 0 Å². The van der Waals surface area contributed by atoms with Gasteiger partial charge in [-0.3, -0.25) is 4.79 Å². The van der Waals surface area contributed by atoms with Crippen molar-refractivity contribution in [2.45, 2.75) is 40.2 Å². The van der Waals surface area contributed by atoms with Gasteiger partial charge in [-0.15, -0.1) is 0 Å². The average molecular weight is 277 g/mol. The summed E-state index contributed by atoms with van der Waals surface area (Å²) in [6.45, 7) is 7.68. The van der Waals surface area contributed by atoms with Gasteiger partial charge in [-0.2, -0.15) is 0 Å². The standard InChI is InChI=1S/C16H23NO3/c1-5-20-15(19)17-13(11-14(18)16(2,3)4)12-9-7-6-8-10-12/h6-10,13H,5,11H2,1-4H3,(H,17,19). The molecule has 1 rings (SSSR count). The van der Waals surface area contributed by atoms with Crippen LogP contribution in [0.3, 0.4) is 0 Å². The third-order valence-electron chi connectivity index (χ3n) is 3.00. The Bertz CT molecular complexity index is 449. The summed E-state index contributed by atoms with van der Waals surface area (Å²) in [5.41, 5.74) is 0.474. The molecule has 0 fully saturated rings. The van der Waals surface area contributed by atoms with E-state index in [0.717, 1.165) is 5.56 Å². The van der Waals surface area contributed by atoms with Crippen LogP contribution in [0, 0.1) is 5.41 Å². The number of Topliss-reactive ketones (excluding diaryl/α,β-unsaturated/α-hetero) is 1. The average Bonchev–Trinajstić information content (AvgIpc) is 2.38. The van der Waals surface area contributed by atoms with Crippen LogP contribution in [0.1, 0.15) is 45.7 Å². The monoisotopic (exact) mass is 277 g/mol. The molecule has 0 radical (unpaired) electrons. The Morgan fingerprint density at radius 3 is 2.30 bits per heavy atom. The number of nitrogens with one attached hydrogen (secondary N) is 1. The minimum Gasteiger partial charge on any atom is -0.450 e. The Hall–Kier alpha value is -1.84. The fourth-order valence-corrected chi connectivity index (χ4v) is 1.74. The van der Waals surface area contributed by atoms with Crippen molar-refractivity contribution in [1.29, 1.82) is 0 Å². The Labute approximate surface area is 120 Å². The number of alkyl carbamates (subject to hydrolysis) is 1. The lowest BCUT2D eigenvalue weighted by Crippen LogP contribution is -2.33. The molecule has 1 amide bonds. The van der Waals surface area contributed by atoms with Gasteiger partial charge < -0.3 is 10.1 Å². The molecule has 4 heteroatoms. The Balaban J connectivity index is 2.85. The first-order valence-electron chi connectivity index (χ1n) is 6.86. The molecule has 110 valence electrons. The van der Waals surface area contributed by atoms with Gasteiger partial charge in [0.1, 0.15) is 5.78 Å². The maximum atomic E-state index is 12.2. The van der Waals surface area contributed by atoms with Gasteiger partial charge in [0.15, 0.2) is 0 Å². The number of rotatable bonds is 5. The Morgan fingerprint density at radius 2 is 1.80 bits per heavy atom. The lowest BCUT2D eigenvalue weighted by molar-refractivity contribution is -0.126. The van der Waals surface area contributed by atoms with E-state index < -0.39 is 11.5 Å². The van der Waals surface area contributed by atoms with Crippen LogP contribution in [-0.2, 0) is 9.53 Å². The van der Waals surface area contributed by atoms with Crippen molar-refractivity contribution in [3.63, 3.8) is 0 Å². The molecular formula is C16H23NO3. The van der Waals surface area contributed by atoms with Crippen molar-refractivity contribution in [2.75, 3.05) is 6.61 Å². The van der Waals surface area contributed by atoms with Crippen LogP contribution in [-0.4, -0.2) is 18.5 Å². The molecule has 0 aliphatic carbocycles. The molecule has 1 aromatic carbocycles. The molecule has 0 spiro atoms. The first-order chi connectivity index (χ1) is 9.34. The second-order valence-corrected chi connectivity index (χ2v) is 5.71. The van der Waals surface area contributed by atoms with E-state index in [9.17, 15) is 9.59 Å². The van der Waals surface area contributed by atoms with E-state index in [4.69, 9.17) is 4.74 Å². The number of ether oxygens (including phenoxy) is 1. The van der Waals surface area contributed by atoms with Crippen LogP contribution < -0.4 is 5.32 Å². The van der Waals surface area contributed by atoms with Gasteiger partial charge in [0.2, 0.25) is 0 Å². The number of ketones is 1. The second-order valence-electron chi connectivity index (χ2n) is 5.71. The molecule has 0 saturated carbocycles. The van der Waals surface area contributed by atoms with Crippen molar-refractivity contribution < 1.29 is 14.3 Å². The van der Waals surface area contributed by atoms with Crippen molar-refractivity contribution >= 4 is 11.9 Å². The second kappa shape index (κ2) is 7.08. The molecular weight excluding hydrogens is 254 g/mol. The van der Waals surface area contributed by atoms with Crippen molar-refractivity contribution in [1.82, 2.24) is 5.32 Å². The first-order valence-corrected chi connectivity index (χ1v) is 6.86. The van der Waals surface area contributed by atoms with Crippen LogP contribution in [0.15, 0.2) is 30.3 Å². The minimum absolute atomic E-state index is 0.100. The molecule has 0 aliphatic rings. The van der Waals surface area contributed by atoms with E-state index in [1.807, 2.05) is 51.1 Å². The van der Waals surface area contributed by atoms with Crippen molar-refractivity contribution in [2.24, 2.45) is 5.41 Å². The van der Waals surface area contributed by atoms with Gasteiger partial charge in [-0.25, -0.2) is 4.79 Å². The topological polar surface area (TPSA) is 55.4 Å².